The van der Waals surface area contributed by atoms with E-state index in [2.05, 4.69) is 5.32 Å². The first-order valence-corrected chi connectivity index (χ1v) is 12.1. The molecule has 0 aliphatic rings. The fourth-order valence-electron chi connectivity index (χ4n) is 4.11. The zero-order valence-corrected chi connectivity index (χ0v) is 21.6. The number of nitrogens with one attached hydrogen (secondary N) is 1. The van der Waals surface area contributed by atoms with Crippen LogP contribution in [-0.2, 0) is 29.0 Å². The summed E-state index contributed by atoms with van der Waals surface area (Å²) in [7, 11) is 1.58. The summed E-state index contributed by atoms with van der Waals surface area (Å²) in [6, 6.07) is 14.3. The molecule has 6 nitrogen and oxygen atoms in total. The van der Waals surface area contributed by atoms with Crippen molar-refractivity contribution in [3.63, 3.8) is 0 Å². The van der Waals surface area contributed by atoms with E-state index in [1.807, 2.05) is 50.2 Å². The molecule has 0 saturated carbocycles. The van der Waals surface area contributed by atoms with Gasteiger partial charge < -0.3 is 19.7 Å². The van der Waals surface area contributed by atoms with Gasteiger partial charge in [-0.05, 0) is 67.3 Å². The maximum absolute atomic E-state index is 13.5. The van der Waals surface area contributed by atoms with Gasteiger partial charge >= 0.3 is 12.0 Å². The monoisotopic (exact) mass is 510 g/mol. The van der Waals surface area contributed by atoms with E-state index in [-0.39, 0.29) is 25.0 Å². The van der Waals surface area contributed by atoms with Crippen LogP contribution in [0.15, 0.2) is 54.6 Å². The minimum Gasteiger partial charge on any atom is -0.496 e. The van der Waals surface area contributed by atoms with Gasteiger partial charge in [0.05, 0.1) is 20.1 Å². The average molecular weight is 511 g/mol. The lowest BCUT2D eigenvalue weighted by atomic mass is 9.94. The van der Waals surface area contributed by atoms with E-state index in [9.17, 15) is 18.4 Å². The van der Waals surface area contributed by atoms with Crippen LogP contribution in [0.3, 0.4) is 0 Å². The Morgan fingerprint density at radius 2 is 1.65 bits per heavy atom. The molecule has 0 fully saturated rings. The van der Waals surface area contributed by atoms with Gasteiger partial charge in [0.1, 0.15) is 17.4 Å². The van der Waals surface area contributed by atoms with Crippen LogP contribution < -0.4 is 10.1 Å². The number of rotatable bonds is 10. The number of urea groups is 1. The maximum Gasteiger partial charge on any atom is 0.317 e. The molecule has 0 aromatic heterocycles. The average Bonchev–Trinajstić information content (AvgIpc) is 2.85. The van der Waals surface area contributed by atoms with Crippen LogP contribution >= 0.6 is 0 Å². The Morgan fingerprint density at radius 3 is 2.30 bits per heavy atom. The van der Waals surface area contributed by atoms with Crippen LogP contribution in [0.25, 0.3) is 11.1 Å². The molecular formula is C29H32F2N2O4. The topological polar surface area (TPSA) is 67.9 Å². The number of benzene rings is 3. The molecule has 3 rings (SSSR count). The number of ether oxygens (including phenoxy) is 2. The second-order valence-corrected chi connectivity index (χ2v) is 8.63. The first-order chi connectivity index (χ1) is 17.7. The van der Waals surface area contributed by atoms with Crippen molar-refractivity contribution in [3.8, 4) is 16.9 Å². The Morgan fingerprint density at radius 1 is 0.919 bits per heavy atom. The van der Waals surface area contributed by atoms with Crippen molar-refractivity contribution in [1.29, 1.82) is 0 Å². The van der Waals surface area contributed by atoms with Crippen molar-refractivity contribution in [2.45, 2.75) is 40.3 Å². The largest absolute Gasteiger partial charge is 0.496 e. The van der Waals surface area contributed by atoms with E-state index in [1.165, 1.54) is 12.1 Å². The van der Waals surface area contributed by atoms with Crippen molar-refractivity contribution >= 4 is 12.0 Å². The molecule has 2 amide bonds. The molecule has 3 aromatic rings. The van der Waals surface area contributed by atoms with Gasteiger partial charge in [-0.25, -0.2) is 13.6 Å². The number of esters is 1. The SMILES string of the molecule is CCOC(=O)Cc1ccc(OC)c(-c2ccc(C)cc2CN(CC)C(=O)NCc2cc(F)cc(F)c2)c1. The third kappa shape index (κ3) is 7.52. The van der Waals surface area contributed by atoms with E-state index < -0.39 is 11.6 Å². The van der Waals surface area contributed by atoms with Crippen molar-refractivity contribution < 1.29 is 27.8 Å². The summed E-state index contributed by atoms with van der Waals surface area (Å²) in [4.78, 5) is 26.6. The minimum absolute atomic E-state index is 0.00554. The number of amides is 2. The number of hydrogen-bond donors (Lipinski definition) is 1. The van der Waals surface area contributed by atoms with Crippen LogP contribution in [0.1, 0.15) is 36.1 Å². The molecular weight excluding hydrogens is 478 g/mol. The summed E-state index contributed by atoms with van der Waals surface area (Å²) >= 11 is 0. The number of hydrogen-bond acceptors (Lipinski definition) is 4. The molecule has 0 radical (unpaired) electrons. The molecule has 1 N–H and O–H groups in total. The highest BCUT2D eigenvalue weighted by Crippen LogP contribution is 2.34. The predicted octanol–water partition coefficient (Wildman–Crippen LogP) is 5.79. The fraction of sp³-hybridized carbons (Fsp3) is 0.310. The van der Waals surface area contributed by atoms with Gasteiger partial charge in [-0.3, -0.25) is 4.79 Å². The number of carbonyl (C=O) groups is 2. The summed E-state index contributed by atoms with van der Waals surface area (Å²) in [5.41, 5.74) is 4.69. The van der Waals surface area contributed by atoms with Gasteiger partial charge in [0.25, 0.3) is 0 Å². The molecule has 0 saturated heterocycles. The molecule has 0 spiro atoms. The van der Waals surface area contributed by atoms with E-state index >= 15 is 0 Å². The van der Waals surface area contributed by atoms with E-state index in [0.29, 0.717) is 31.0 Å². The van der Waals surface area contributed by atoms with Crippen LogP contribution in [0.5, 0.6) is 5.75 Å². The first kappa shape index (κ1) is 27.6. The Bertz CT molecular complexity index is 1240. The number of carbonyl (C=O) groups excluding carboxylic acids is 2. The Balaban J connectivity index is 1.87. The van der Waals surface area contributed by atoms with E-state index in [4.69, 9.17) is 9.47 Å². The molecule has 0 aliphatic heterocycles. The quantitative estimate of drug-likeness (QED) is 0.351. The van der Waals surface area contributed by atoms with Gasteiger partial charge in [0.15, 0.2) is 0 Å². The van der Waals surface area contributed by atoms with Gasteiger partial charge in [0, 0.05) is 31.3 Å². The fourth-order valence-corrected chi connectivity index (χ4v) is 4.11. The Hall–Kier alpha value is -3.94. The Labute approximate surface area is 216 Å². The zero-order chi connectivity index (χ0) is 26.9. The van der Waals surface area contributed by atoms with Crippen LogP contribution in [0.4, 0.5) is 13.6 Å². The third-order valence-electron chi connectivity index (χ3n) is 5.86. The highest BCUT2D eigenvalue weighted by atomic mass is 19.1. The lowest BCUT2D eigenvalue weighted by molar-refractivity contribution is -0.142. The van der Waals surface area contributed by atoms with Crippen molar-refractivity contribution in [1.82, 2.24) is 10.2 Å². The number of halogens is 2. The van der Waals surface area contributed by atoms with Crippen LogP contribution in [0, 0.1) is 18.6 Å². The summed E-state index contributed by atoms with van der Waals surface area (Å²) in [5.74, 6) is -1.06. The van der Waals surface area contributed by atoms with Gasteiger partial charge in [-0.2, -0.15) is 0 Å². The maximum atomic E-state index is 13.5. The standard InChI is InChI=1S/C29H32F2N2O4/c1-5-33(29(35)32-17-21-12-23(30)16-24(31)13-21)18-22-11-19(3)7-9-25(22)26-14-20(8-10-27(26)36-4)15-28(34)37-6-2/h7-14,16H,5-6,15,17-18H2,1-4H3,(H,32,35). The predicted molar refractivity (Wildman–Crippen MR) is 138 cm³/mol. The van der Waals surface area contributed by atoms with E-state index in [0.717, 1.165) is 33.9 Å². The molecule has 196 valence electrons. The normalized spacial score (nSPS) is 10.6. The number of aryl methyl sites for hydroxylation is 1. The lowest BCUT2D eigenvalue weighted by Gasteiger charge is -2.24. The second kappa shape index (κ2) is 12.9. The van der Waals surface area contributed by atoms with Crippen molar-refractivity contribution in [2.24, 2.45) is 0 Å². The van der Waals surface area contributed by atoms with Gasteiger partial charge in [-0.1, -0.05) is 29.8 Å². The molecule has 0 heterocycles. The lowest BCUT2D eigenvalue weighted by Crippen LogP contribution is -2.39. The molecule has 0 bridgehead atoms. The van der Waals surface area contributed by atoms with Crippen LogP contribution in [-0.4, -0.2) is 37.2 Å². The molecule has 0 atom stereocenters. The molecule has 8 heteroatoms. The van der Waals surface area contributed by atoms with Crippen LogP contribution in [0.2, 0.25) is 0 Å². The summed E-state index contributed by atoms with van der Waals surface area (Å²) in [6.07, 6.45) is 0.135. The second-order valence-electron chi connectivity index (χ2n) is 8.63. The molecule has 0 aliphatic carbocycles. The molecule has 3 aromatic carbocycles. The van der Waals surface area contributed by atoms with Crippen molar-refractivity contribution in [3.05, 3.63) is 88.5 Å². The third-order valence-corrected chi connectivity index (χ3v) is 5.86. The summed E-state index contributed by atoms with van der Waals surface area (Å²) in [5, 5.41) is 2.74. The highest BCUT2D eigenvalue weighted by molar-refractivity contribution is 5.79. The highest BCUT2D eigenvalue weighted by Gasteiger charge is 2.18. The van der Waals surface area contributed by atoms with Crippen molar-refractivity contribution in [2.75, 3.05) is 20.3 Å². The first-order valence-electron chi connectivity index (χ1n) is 12.1. The molecule has 0 unspecified atom stereocenters. The van der Waals surface area contributed by atoms with Gasteiger partial charge in [0.2, 0.25) is 0 Å². The van der Waals surface area contributed by atoms with E-state index in [1.54, 1.807) is 18.9 Å². The smallest absolute Gasteiger partial charge is 0.317 e. The number of methoxy groups -OCH3 is 1. The van der Waals surface area contributed by atoms with Gasteiger partial charge in [-0.15, -0.1) is 0 Å². The molecule has 37 heavy (non-hydrogen) atoms. The number of nitrogens with zero attached hydrogens (tertiary/aromatic N) is 1. The summed E-state index contributed by atoms with van der Waals surface area (Å²) < 4.78 is 37.7. The zero-order valence-electron chi connectivity index (χ0n) is 21.6. The summed E-state index contributed by atoms with van der Waals surface area (Å²) in [6.45, 7) is 6.61. The minimum atomic E-state index is -0.694. The Kier molecular flexibility index (Phi) is 9.60.